The van der Waals surface area contributed by atoms with Gasteiger partial charge in [0.1, 0.15) is 0 Å². The standard InChI is InChI=1S/C13H24N2O/c1-3-14-11(16)12-5-8-13(9-6-12,10-7-12)15-4-2/h15H,3-10H2,1-2H3,(H,14,16). The molecule has 92 valence electrons. The highest BCUT2D eigenvalue weighted by Crippen LogP contribution is 2.52. The Hall–Kier alpha value is -0.570. The number of carbonyl (C=O) groups is 1. The van der Waals surface area contributed by atoms with Crippen molar-refractivity contribution in [2.75, 3.05) is 13.1 Å². The zero-order valence-corrected chi connectivity index (χ0v) is 10.6. The van der Waals surface area contributed by atoms with E-state index in [1.54, 1.807) is 0 Å². The van der Waals surface area contributed by atoms with Gasteiger partial charge in [0.05, 0.1) is 0 Å². The molecule has 3 rings (SSSR count). The van der Waals surface area contributed by atoms with Crippen LogP contribution in [0, 0.1) is 5.41 Å². The molecule has 3 nitrogen and oxygen atoms in total. The van der Waals surface area contributed by atoms with E-state index in [0.717, 1.165) is 32.4 Å². The Morgan fingerprint density at radius 3 is 2.00 bits per heavy atom. The zero-order valence-electron chi connectivity index (χ0n) is 10.6. The number of nitrogens with one attached hydrogen (secondary N) is 2. The Balaban J connectivity index is 2.02. The highest BCUT2D eigenvalue weighted by Gasteiger charge is 2.51. The molecule has 2 N–H and O–H groups in total. The van der Waals surface area contributed by atoms with E-state index in [2.05, 4.69) is 17.6 Å². The van der Waals surface area contributed by atoms with E-state index in [-0.39, 0.29) is 5.41 Å². The third-order valence-corrected chi connectivity index (χ3v) is 4.62. The number of amides is 1. The molecular weight excluding hydrogens is 200 g/mol. The largest absolute Gasteiger partial charge is 0.356 e. The van der Waals surface area contributed by atoms with Crippen molar-refractivity contribution in [2.24, 2.45) is 5.41 Å². The minimum atomic E-state index is -0.0207. The van der Waals surface area contributed by atoms with Crippen LogP contribution in [0.25, 0.3) is 0 Å². The first-order valence-corrected chi connectivity index (χ1v) is 6.70. The van der Waals surface area contributed by atoms with Crippen LogP contribution in [0.15, 0.2) is 0 Å². The lowest BCUT2D eigenvalue weighted by molar-refractivity contribution is -0.138. The van der Waals surface area contributed by atoms with Gasteiger partial charge in [0.2, 0.25) is 5.91 Å². The molecule has 0 aromatic carbocycles. The first-order valence-electron chi connectivity index (χ1n) is 6.70. The average Bonchev–Trinajstić information content (AvgIpc) is 2.32. The second kappa shape index (κ2) is 4.36. The van der Waals surface area contributed by atoms with Crippen LogP contribution in [0.3, 0.4) is 0 Å². The van der Waals surface area contributed by atoms with E-state index < -0.39 is 0 Å². The molecule has 0 spiro atoms. The first kappa shape index (κ1) is 11.9. The molecular formula is C13H24N2O. The smallest absolute Gasteiger partial charge is 0.226 e. The van der Waals surface area contributed by atoms with Crippen molar-refractivity contribution in [1.82, 2.24) is 10.6 Å². The van der Waals surface area contributed by atoms with Gasteiger partial charge in [0.15, 0.2) is 0 Å². The number of fused-ring (bicyclic) bond motifs is 3. The molecule has 3 saturated carbocycles. The molecule has 3 aliphatic carbocycles. The van der Waals surface area contributed by atoms with E-state index in [0.29, 0.717) is 11.4 Å². The summed E-state index contributed by atoms with van der Waals surface area (Å²) in [5.41, 5.74) is 0.343. The Kier molecular flexibility index (Phi) is 3.24. The van der Waals surface area contributed by atoms with Gasteiger partial charge in [0, 0.05) is 17.5 Å². The molecule has 2 bridgehead atoms. The summed E-state index contributed by atoms with van der Waals surface area (Å²) >= 11 is 0. The fourth-order valence-corrected chi connectivity index (χ4v) is 3.51. The lowest BCUT2D eigenvalue weighted by Crippen LogP contribution is -2.58. The second-order valence-corrected chi connectivity index (χ2v) is 5.45. The summed E-state index contributed by atoms with van der Waals surface area (Å²) in [6.45, 7) is 5.99. The zero-order chi connectivity index (χ0) is 11.6. The molecule has 0 atom stereocenters. The maximum absolute atomic E-state index is 12.1. The molecule has 0 aromatic rings. The van der Waals surface area contributed by atoms with Gasteiger partial charge in [-0.2, -0.15) is 0 Å². The highest BCUT2D eigenvalue weighted by molar-refractivity contribution is 5.83. The number of rotatable bonds is 4. The fourth-order valence-electron chi connectivity index (χ4n) is 3.51. The van der Waals surface area contributed by atoms with Gasteiger partial charge in [-0.05, 0) is 52.0 Å². The molecule has 0 aliphatic heterocycles. The number of hydrogen-bond acceptors (Lipinski definition) is 2. The van der Waals surface area contributed by atoms with Crippen molar-refractivity contribution in [3.63, 3.8) is 0 Å². The van der Waals surface area contributed by atoms with Gasteiger partial charge in [-0.3, -0.25) is 4.79 Å². The minimum absolute atomic E-state index is 0.0207. The normalized spacial score (nSPS) is 37.4. The van der Waals surface area contributed by atoms with Gasteiger partial charge >= 0.3 is 0 Å². The Bertz CT molecular complexity index is 251. The summed E-state index contributed by atoms with van der Waals surface area (Å²) in [4.78, 5) is 12.1. The summed E-state index contributed by atoms with van der Waals surface area (Å²) in [5, 5.41) is 6.66. The number of carbonyl (C=O) groups excluding carboxylic acids is 1. The summed E-state index contributed by atoms with van der Waals surface area (Å²) in [7, 11) is 0. The minimum Gasteiger partial charge on any atom is -0.356 e. The van der Waals surface area contributed by atoms with Crippen molar-refractivity contribution in [3.05, 3.63) is 0 Å². The van der Waals surface area contributed by atoms with Crippen molar-refractivity contribution in [3.8, 4) is 0 Å². The molecule has 0 heterocycles. The maximum Gasteiger partial charge on any atom is 0.226 e. The van der Waals surface area contributed by atoms with Crippen LogP contribution < -0.4 is 10.6 Å². The van der Waals surface area contributed by atoms with Crippen LogP contribution in [0.4, 0.5) is 0 Å². The molecule has 3 aliphatic rings. The molecule has 0 unspecified atom stereocenters. The van der Waals surface area contributed by atoms with Crippen LogP contribution in [0.2, 0.25) is 0 Å². The summed E-state index contributed by atoms with van der Waals surface area (Å²) < 4.78 is 0. The Labute approximate surface area is 98.4 Å². The van der Waals surface area contributed by atoms with Gasteiger partial charge in [0.25, 0.3) is 0 Å². The van der Waals surface area contributed by atoms with Crippen LogP contribution in [0.5, 0.6) is 0 Å². The third-order valence-electron chi connectivity index (χ3n) is 4.62. The third kappa shape index (κ3) is 1.86. The van der Waals surface area contributed by atoms with Crippen molar-refractivity contribution >= 4 is 5.91 Å². The van der Waals surface area contributed by atoms with E-state index in [9.17, 15) is 4.79 Å². The van der Waals surface area contributed by atoms with Crippen LogP contribution in [-0.4, -0.2) is 24.5 Å². The molecule has 0 saturated heterocycles. The highest BCUT2D eigenvalue weighted by atomic mass is 16.2. The van der Waals surface area contributed by atoms with Crippen molar-refractivity contribution in [2.45, 2.75) is 57.9 Å². The van der Waals surface area contributed by atoms with Gasteiger partial charge in [-0.25, -0.2) is 0 Å². The fraction of sp³-hybridized carbons (Fsp3) is 0.923. The monoisotopic (exact) mass is 224 g/mol. The topological polar surface area (TPSA) is 41.1 Å². The van der Waals surface area contributed by atoms with E-state index in [1.807, 2.05) is 6.92 Å². The summed E-state index contributed by atoms with van der Waals surface area (Å²) in [5.74, 6) is 0.305. The van der Waals surface area contributed by atoms with Crippen molar-refractivity contribution in [1.29, 1.82) is 0 Å². The quantitative estimate of drug-likeness (QED) is 0.765. The van der Waals surface area contributed by atoms with Gasteiger partial charge < -0.3 is 10.6 Å². The van der Waals surface area contributed by atoms with E-state index in [1.165, 1.54) is 19.3 Å². The Morgan fingerprint density at radius 2 is 1.56 bits per heavy atom. The average molecular weight is 224 g/mol. The van der Waals surface area contributed by atoms with Gasteiger partial charge in [-0.1, -0.05) is 6.92 Å². The molecule has 0 radical (unpaired) electrons. The molecule has 1 amide bonds. The summed E-state index contributed by atoms with van der Waals surface area (Å²) in [6, 6.07) is 0. The van der Waals surface area contributed by atoms with Crippen LogP contribution in [0.1, 0.15) is 52.4 Å². The van der Waals surface area contributed by atoms with Crippen LogP contribution >= 0.6 is 0 Å². The second-order valence-electron chi connectivity index (χ2n) is 5.45. The van der Waals surface area contributed by atoms with Crippen molar-refractivity contribution < 1.29 is 4.79 Å². The Morgan fingerprint density at radius 1 is 1.00 bits per heavy atom. The lowest BCUT2D eigenvalue weighted by Gasteiger charge is -2.52. The van der Waals surface area contributed by atoms with E-state index >= 15 is 0 Å². The predicted octanol–water partition coefficient (Wildman–Crippen LogP) is 1.82. The first-order chi connectivity index (χ1) is 7.66. The maximum atomic E-state index is 12.1. The summed E-state index contributed by atoms with van der Waals surface area (Å²) in [6.07, 6.45) is 6.76. The van der Waals surface area contributed by atoms with Crippen LogP contribution in [-0.2, 0) is 4.79 Å². The molecule has 3 heteroatoms. The molecule has 0 aromatic heterocycles. The lowest BCUT2D eigenvalue weighted by atomic mass is 9.57. The number of hydrogen-bond donors (Lipinski definition) is 2. The van der Waals surface area contributed by atoms with E-state index in [4.69, 9.17) is 0 Å². The molecule has 16 heavy (non-hydrogen) atoms. The molecule has 3 fully saturated rings. The predicted molar refractivity (Wildman–Crippen MR) is 65.2 cm³/mol. The van der Waals surface area contributed by atoms with Gasteiger partial charge in [-0.15, -0.1) is 0 Å². The SMILES string of the molecule is CCNC(=O)C12CCC(NCC)(CC1)CC2.